The van der Waals surface area contributed by atoms with Crippen LogP contribution in [0.25, 0.3) is 0 Å². The lowest BCUT2D eigenvalue weighted by Crippen LogP contribution is -2.46. The van der Waals surface area contributed by atoms with Gasteiger partial charge in [0, 0.05) is 6.04 Å². The van der Waals surface area contributed by atoms with Gasteiger partial charge in [0.2, 0.25) is 5.91 Å². The molecule has 1 aliphatic heterocycles. The molecular formula is C16H30N2O. The number of hydrogen-bond donors (Lipinski definition) is 1. The average Bonchev–Trinajstić information content (AvgIpc) is 2.62. The van der Waals surface area contributed by atoms with E-state index < -0.39 is 0 Å². The molecule has 3 nitrogen and oxygen atoms in total. The highest BCUT2D eigenvalue weighted by Crippen LogP contribution is 2.39. The van der Waals surface area contributed by atoms with Gasteiger partial charge in [0.15, 0.2) is 0 Å². The van der Waals surface area contributed by atoms with Crippen molar-refractivity contribution in [2.45, 2.75) is 85.0 Å². The van der Waals surface area contributed by atoms with E-state index in [9.17, 15) is 4.79 Å². The Bertz CT molecular complexity index is 340. The van der Waals surface area contributed by atoms with Crippen LogP contribution in [0.5, 0.6) is 0 Å². The molecule has 0 aromatic rings. The molecule has 1 N–H and O–H groups in total. The van der Waals surface area contributed by atoms with Gasteiger partial charge in [0.25, 0.3) is 0 Å². The molecule has 4 unspecified atom stereocenters. The summed E-state index contributed by atoms with van der Waals surface area (Å²) in [7, 11) is 0. The zero-order valence-electron chi connectivity index (χ0n) is 13.2. The topological polar surface area (TPSA) is 32.3 Å². The Morgan fingerprint density at radius 2 is 2.16 bits per heavy atom. The quantitative estimate of drug-likeness (QED) is 0.851. The lowest BCUT2D eigenvalue weighted by atomic mass is 9.74. The normalized spacial score (nSPS) is 36.6. The van der Waals surface area contributed by atoms with Crippen LogP contribution in [0.3, 0.4) is 0 Å². The van der Waals surface area contributed by atoms with Crippen LogP contribution in [0.1, 0.15) is 66.7 Å². The van der Waals surface area contributed by atoms with Gasteiger partial charge in [-0.25, -0.2) is 0 Å². The van der Waals surface area contributed by atoms with E-state index in [0.717, 1.165) is 12.8 Å². The third-order valence-electron chi connectivity index (χ3n) is 5.14. The number of rotatable bonds is 3. The first-order valence-electron chi connectivity index (χ1n) is 7.94. The average molecular weight is 266 g/mol. The van der Waals surface area contributed by atoms with Gasteiger partial charge in [0.05, 0.1) is 12.2 Å². The molecule has 1 amide bonds. The maximum absolute atomic E-state index is 12.7. The highest BCUT2D eigenvalue weighted by atomic mass is 16.2. The fraction of sp³-hybridized carbons (Fsp3) is 0.938. The predicted molar refractivity (Wildman–Crippen MR) is 78.7 cm³/mol. The maximum Gasteiger partial charge on any atom is 0.241 e. The molecule has 1 saturated carbocycles. The minimum absolute atomic E-state index is 0.0324. The summed E-state index contributed by atoms with van der Waals surface area (Å²) in [5.41, 5.74) is 0.386. The Kier molecular flexibility index (Phi) is 4.24. The van der Waals surface area contributed by atoms with Crippen LogP contribution in [-0.2, 0) is 4.79 Å². The highest BCUT2D eigenvalue weighted by Gasteiger charge is 2.44. The highest BCUT2D eigenvalue weighted by molar-refractivity contribution is 5.85. The summed E-state index contributed by atoms with van der Waals surface area (Å²) in [6.45, 7) is 11.2. The standard InChI is InChI=1S/C16H30N2O/c1-6-11(2)14-15(19)18(12(3)17-14)13-8-7-9-16(4,5)10-13/h11-14,17H,6-10H2,1-5H3. The zero-order chi connectivity index (χ0) is 14.2. The van der Waals surface area contributed by atoms with Crippen molar-refractivity contribution in [2.24, 2.45) is 11.3 Å². The number of nitrogens with zero attached hydrogens (tertiary/aromatic N) is 1. The van der Waals surface area contributed by atoms with Gasteiger partial charge < -0.3 is 4.90 Å². The summed E-state index contributed by atoms with van der Waals surface area (Å²) in [6.07, 6.45) is 6.13. The van der Waals surface area contributed by atoms with Crippen LogP contribution in [0, 0.1) is 11.3 Å². The molecule has 0 bridgehead atoms. The van der Waals surface area contributed by atoms with Crippen LogP contribution < -0.4 is 5.32 Å². The summed E-state index contributed by atoms with van der Waals surface area (Å²) in [6, 6.07) is 0.470. The Morgan fingerprint density at radius 1 is 1.47 bits per heavy atom. The maximum atomic E-state index is 12.7. The molecule has 2 rings (SSSR count). The van der Waals surface area contributed by atoms with Crippen LogP contribution in [-0.4, -0.2) is 29.1 Å². The van der Waals surface area contributed by atoms with E-state index >= 15 is 0 Å². The molecule has 0 spiro atoms. The van der Waals surface area contributed by atoms with E-state index in [1.165, 1.54) is 19.3 Å². The molecule has 0 aromatic heterocycles. The van der Waals surface area contributed by atoms with Crippen molar-refractivity contribution < 1.29 is 4.79 Å². The molecule has 1 heterocycles. The second kappa shape index (κ2) is 5.43. The number of hydrogen-bond acceptors (Lipinski definition) is 2. The minimum atomic E-state index is 0.0324. The molecular weight excluding hydrogens is 236 g/mol. The van der Waals surface area contributed by atoms with Gasteiger partial charge >= 0.3 is 0 Å². The van der Waals surface area contributed by atoms with Crippen molar-refractivity contribution in [1.29, 1.82) is 0 Å². The molecule has 2 fully saturated rings. The number of nitrogens with one attached hydrogen (secondary N) is 1. The summed E-state index contributed by atoms with van der Waals surface area (Å²) < 4.78 is 0. The monoisotopic (exact) mass is 266 g/mol. The second-order valence-electron chi connectivity index (χ2n) is 7.37. The molecule has 19 heavy (non-hydrogen) atoms. The van der Waals surface area contributed by atoms with E-state index in [0.29, 0.717) is 23.3 Å². The van der Waals surface area contributed by atoms with Crippen molar-refractivity contribution >= 4 is 5.91 Å². The minimum Gasteiger partial charge on any atom is -0.323 e. The zero-order valence-corrected chi connectivity index (χ0v) is 13.2. The van der Waals surface area contributed by atoms with Crippen molar-refractivity contribution in [3.63, 3.8) is 0 Å². The molecule has 4 atom stereocenters. The van der Waals surface area contributed by atoms with Crippen molar-refractivity contribution in [3.05, 3.63) is 0 Å². The van der Waals surface area contributed by atoms with Crippen LogP contribution in [0.4, 0.5) is 0 Å². The van der Waals surface area contributed by atoms with Crippen molar-refractivity contribution in [3.8, 4) is 0 Å². The number of amides is 1. The Labute approximate surface area is 118 Å². The SMILES string of the molecule is CCC(C)C1NC(C)N(C2CCCC(C)(C)C2)C1=O. The van der Waals surface area contributed by atoms with Gasteiger partial charge in [-0.1, -0.05) is 40.5 Å². The van der Waals surface area contributed by atoms with Gasteiger partial charge in [-0.2, -0.15) is 0 Å². The molecule has 1 aliphatic carbocycles. The van der Waals surface area contributed by atoms with E-state index in [1.54, 1.807) is 0 Å². The fourth-order valence-corrected chi connectivity index (χ4v) is 3.80. The largest absolute Gasteiger partial charge is 0.323 e. The fourth-order valence-electron chi connectivity index (χ4n) is 3.80. The van der Waals surface area contributed by atoms with E-state index in [-0.39, 0.29) is 12.2 Å². The Hall–Kier alpha value is -0.570. The van der Waals surface area contributed by atoms with Crippen molar-refractivity contribution in [1.82, 2.24) is 10.2 Å². The smallest absolute Gasteiger partial charge is 0.241 e. The van der Waals surface area contributed by atoms with Gasteiger partial charge in [-0.05, 0) is 37.5 Å². The molecule has 2 aliphatic rings. The van der Waals surface area contributed by atoms with Gasteiger partial charge in [-0.15, -0.1) is 0 Å². The first-order valence-corrected chi connectivity index (χ1v) is 7.94. The molecule has 0 radical (unpaired) electrons. The van der Waals surface area contributed by atoms with E-state index in [2.05, 4.69) is 44.8 Å². The number of carbonyl (C=O) groups is 1. The molecule has 110 valence electrons. The van der Waals surface area contributed by atoms with Gasteiger partial charge in [0.1, 0.15) is 0 Å². The third kappa shape index (κ3) is 2.96. The third-order valence-corrected chi connectivity index (χ3v) is 5.14. The number of carbonyl (C=O) groups excluding carboxylic acids is 1. The van der Waals surface area contributed by atoms with Crippen LogP contribution >= 0.6 is 0 Å². The lowest BCUT2D eigenvalue weighted by molar-refractivity contribution is -0.134. The second-order valence-corrected chi connectivity index (χ2v) is 7.37. The predicted octanol–water partition coefficient (Wildman–Crippen LogP) is 3.15. The van der Waals surface area contributed by atoms with Crippen molar-refractivity contribution in [2.75, 3.05) is 0 Å². The Balaban J connectivity index is 2.10. The summed E-state index contributed by atoms with van der Waals surface area (Å²) in [4.78, 5) is 14.8. The molecule has 3 heteroatoms. The van der Waals surface area contributed by atoms with Gasteiger partial charge in [-0.3, -0.25) is 10.1 Å². The van der Waals surface area contributed by atoms with Crippen LogP contribution in [0.2, 0.25) is 0 Å². The van der Waals surface area contributed by atoms with Crippen LogP contribution in [0.15, 0.2) is 0 Å². The summed E-state index contributed by atoms with van der Waals surface area (Å²) in [5, 5.41) is 3.51. The lowest BCUT2D eigenvalue weighted by Gasteiger charge is -2.41. The first-order chi connectivity index (χ1) is 8.85. The Morgan fingerprint density at radius 3 is 2.74 bits per heavy atom. The summed E-state index contributed by atoms with van der Waals surface area (Å²) >= 11 is 0. The van der Waals surface area contributed by atoms with E-state index in [4.69, 9.17) is 0 Å². The summed E-state index contributed by atoms with van der Waals surface area (Å²) in [5.74, 6) is 0.765. The van der Waals surface area contributed by atoms with E-state index in [1.807, 2.05) is 0 Å². The first kappa shape index (κ1) is 14.8. The molecule has 1 saturated heterocycles. The molecule has 0 aromatic carbocycles.